The molecular weight excluding hydrogens is 532 g/mol. The van der Waals surface area contributed by atoms with Gasteiger partial charge in [-0.05, 0) is 55.9 Å². The van der Waals surface area contributed by atoms with Crippen LogP contribution in [0.25, 0.3) is 10.9 Å². The van der Waals surface area contributed by atoms with Crippen molar-refractivity contribution in [3.05, 3.63) is 66.4 Å². The van der Waals surface area contributed by atoms with Crippen molar-refractivity contribution in [2.75, 3.05) is 0 Å². The van der Waals surface area contributed by atoms with Crippen molar-refractivity contribution in [1.29, 1.82) is 0 Å². The highest BCUT2D eigenvalue weighted by atomic mass is 16.6. The maximum absolute atomic E-state index is 13.6. The van der Waals surface area contributed by atoms with Crippen LogP contribution in [0.3, 0.4) is 0 Å². The lowest BCUT2D eigenvalue weighted by molar-refractivity contribution is -0.131. The molecule has 9 heteroatoms. The molecule has 0 bridgehead atoms. The number of aliphatic hydroxyl groups is 1. The fourth-order valence-corrected chi connectivity index (χ4v) is 4.96. The number of benzene rings is 2. The number of H-pyrrole nitrogens is 1. The number of rotatable bonds is 16. The molecule has 3 amide bonds. The van der Waals surface area contributed by atoms with Gasteiger partial charge in [-0.3, -0.25) is 9.59 Å². The van der Waals surface area contributed by atoms with Crippen molar-refractivity contribution in [2.24, 2.45) is 5.92 Å². The standard InChI is InChI=1S/C33H46N4O5/c1-5-6-7-11-17-27(23(4)38)35-31(39)29(20-19-24-21-34-28-18-13-12-16-26(24)28)36-32(40)30(22(2)3)37-33(41)42-25-14-9-8-10-15-25/h8-10,12-16,18,21-23,27,29-30,34,38H,5-7,11,17,19-20H2,1-4H3,(H,35,39)(H,36,40)(H,37,41)/t23-,27-,29?,30?/m1/s1. The Morgan fingerprint density at radius 3 is 2.26 bits per heavy atom. The molecule has 0 aliphatic carbocycles. The number of amides is 3. The molecule has 1 aromatic heterocycles. The third-order valence-electron chi connectivity index (χ3n) is 7.47. The van der Waals surface area contributed by atoms with E-state index in [2.05, 4.69) is 27.9 Å². The third-order valence-corrected chi connectivity index (χ3v) is 7.47. The summed E-state index contributed by atoms with van der Waals surface area (Å²) in [5.41, 5.74) is 2.04. The van der Waals surface area contributed by atoms with E-state index < -0.39 is 36.2 Å². The zero-order valence-electron chi connectivity index (χ0n) is 25.2. The number of aromatic amines is 1. The van der Waals surface area contributed by atoms with Crippen LogP contribution in [0.2, 0.25) is 0 Å². The van der Waals surface area contributed by atoms with E-state index >= 15 is 0 Å². The summed E-state index contributed by atoms with van der Waals surface area (Å²) in [6.45, 7) is 7.43. The molecule has 5 N–H and O–H groups in total. The lowest BCUT2D eigenvalue weighted by Gasteiger charge is -2.28. The summed E-state index contributed by atoms with van der Waals surface area (Å²) in [6, 6.07) is 14.3. The van der Waals surface area contributed by atoms with Gasteiger partial charge in [-0.15, -0.1) is 0 Å². The van der Waals surface area contributed by atoms with Gasteiger partial charge in [0.15, 0.2) is 0 Å². The highest BCUT2D eigenvalue weighted by Crippen LogP contribution is 2.20. The van der Waals surface area contributed by atoms with Gasteiger partial charge in [-0.25, -0.2) is 4.79 Å². The highest BCUT2D eigenvalue weighted by Gasteiger charge is 2.31. The van der Waals surface area contributed by atoms with Crippen LogP contribution < -0.4 is 20.7 Å². The second kappa shape index (κ2) is 16.6. The molecule has 9 nitrogen and oxygen atoms in total. The summed E-state index contributed by atoms with van der Waals surface area (Å²) in [5, 5.41) is 20.0. The molecule has 0 saturated heterocycles. The fraction of sp³-hybridized carbons (Fsp3) is 0.485. The number of carbonyl (C=O) groups is 3. The number of aryl methyl sites for hydroxylation is 1. The van der Waals surface area contributed by atoms with Gasteiger partial charge in [0.25, 0.3) is 0 Å². The normalized spacial score (nSPS) is 14.1. The first-order valence-electron chi connectivity index (χ1n) is 15.1. The molecule has 1 heterocycles. The number of aliphatic hydroxyl groups excluding tert-OH is 1. The number of nitrogens with one attached hydrogen (secondary N) is 4. The summed E-state index contributed by atoms with van der Waals surface area (Å²) in [6.07, 6.45) is 6.05. The van der Waals surface area contributed by atoms with Crippen LogP contribution >= 0.6 is 0 Å². The molecule has 0 aliphatic heterocycles. The number of para-hydroxylation sites is 2. The Bertz CT molecular complexity index is 1270. The Morgan fingerprint density at radius 2 is 1.57 bits per heavy atom. The topological polar surface area (TPSA) is 133 Å². The van der Waals surface area contributed by atoms with Crippen LogP contribution in [0, 0.1) is 5.92 Å². The number of ether oxygens (including phenoxy) is 1. The lowest BCUT2D eigenvalue weighted by Crippen LogP contribution is -2.57. The van der Waals surface area contributed by atoms with Crippen molar-refractivity contribution in [1.82, 2.24) is 20.9 Å². The van der Waals surface area contributed by atoms with Gasteiger partial charge in [0, 0.05) is 17.1 Å². The van der Waals surface area contributed by atoms with E-state index in [0.29, 0.717) is 25.0 Å². The van der Waals surface area contributed by atoms with Crippen LogP contribution in [0.15, 0.2) is 60.8 Å². The molecule has 3 aromatic rings. The molecule has 0 saturated carbocycles. The predicted molar refractivity (Wildman–Crippen MR) is 165 cm³/mol. The Labute approximate surface area is 248 Å². The molecule has 0 aliphatic rings. The second-order valence-electron chi connectivity index (χ2n) is 11.2. The van der Waals surface area contributed by atoms with Crippen molar-refractivity contribution in [3.63, 3.8) is 0 Å². The molecule has 0 spiro atoms. The molecule has 42 heavy (non-hydrogen) atoms. The first-order valence-corrected chi connectivity index (χ1v) is 15.1. The van der Waals surface area contributed by atoms with E-state index in [4.69, 9.17) is 4.74 Å². The van der Waals surface area contributed by atoms with Gasteiger partial charge < -0.3 is 30.8 Å². The van der Waals surface area contributed by atoms with E-state index in [1.54, 1.807) is 31.2 Å². The van der Waals surface area contributed by atoms with E-state index in [1.165, 1.54) is 0 Å². The zero-order valence-corrected chi connectivity index (χ0v) is 25.2. The minimum absolute atomic E-state index is 0.269. The Kier molecular flexibility index (Phi) is 12.9. The molecule has 0 radical (unpaired) electrons. The van der Waals surface area contributed by atoms with Gasteiger partial charge >= 0.3 is 6.09 Å². The van der Waals surface area contributed by atoms with Crippen LogP contribution in [0.5, 0.6) is 5.75 Å². The first-order chi connectivity index (χ1) is 20.2. The fourth-order valence-electron chi connectivity index (χ4n) is 4.96. The first kappa shape index (κ1) is 32.7. The Morgan fingerprint density at radius 1 is 0.857 bits per heavy atom. The Balaban J connectivity index is 1.74. The third kappa shape index (κ3) is 9.91. The minimum Gasteiger partial charge on any atom is -0.410 e. The number of aromatic nitrogens is 1. The van der Waals surface area contributed by atoms with Crippen molar-refractivity contribution in [2.45, 2.75) is 96.9 Å². The van der Waals surface area contributed by atoms with E-state index in [-0.39, 0.29) is 11.8 Å². The molecular formula is C33H46N4O5. The van der Waals surface area contributed by atoms with E-state index in [9.17, 15) is 19.5 Å². The van der Waals surface area contributed by atoms with Gasteiger partial charge in [-0.1, -0.05) is 82.9 Å². The largest absolute Gasteiger partial charge is 0.413 e. The SMILES string of the molecule is CCCCCC[C@@H](NC(=O)C(CCc1c[nH]c2ccccc12)NC(=O)C(NC(=O)Oc1ccccc1)C(C)C)[C@@H](C)O. The summed E-state index contributed by atoms with van der Waals surface area (Å²) in [7, 11) is 0. The minimum atomic E-state index is -0.925. The monoisotopic (exact) mass is 578 g/mol. The maximum Gasteiger partial charge on any atom is 0.413 e. The van der Waals surface area contributed by atoms with Crippen LogP contribution in [0.4, 0.5) is 4.79 Å². The van der Waals surface area contributed by atoms with Crippen molar-refractivity contribution in [3.8, 4) is 5.75 Å². The Hall–Kier alpha value is -3.85. The zero-order chi connectivity index (χ0) is 30.5. The van der Waals surface area contributed by atoms with Gasteiger partial charge in [-0.2, -0.15) is 0 Å². The van der Waals surface area contributed by atoms with Gasteiger partial charge in [0.2, 0.25) is 11.8 Å². The number of hydrogen-bond acceptors (Lipinski definition) is 5. The second-order valence-corrected chi connectivity index (χ2v) is 11.2. The predicted octanol–water partition coefficient (Wildman–Crippen LogP) is 5.23. The molecule has 3 rings (SSSR count). The molecule has 2 unspecified atom stereocenters. The van der Waals surface area contributed by atoms with Crippen LogP contribution in [0.1, 0.15) is 71.8 Å². The summed E-state index contributed by atoms with van der Waals surface area (Å²) >= 11 is 0. The summed E-state index contributed by atoms with van der Waals surface area (Å²) in [5.74, 6) is -0.754. The number of hydrogen-bond donors (Lipinski definition) is 5. The number of unbranched alkanes of at least 4 members (excludes halogenated alkanes) is 3. The molecule has 2 aromatic carbocycles. The van der Waals surface area contributed by atoms with E-state index in [1.807, 2.05) is 50.4 Å². The smallest absolute Gasteiger partial charge is 0.410 e. The van der Waals surface area contributed by atoms with Crippen molar-refractivity contribution >= 4 is 28.8 Å². The van der Waals surface area contributed by atoms with E-state index in [0.717, 1.165) is 42.1 Å². The number of carbonyl (C=O) groups excluding carboxylic acids is 3. The lowest BCUT2D eigenvalue weighted by atomic mass is 9.99. The maximum atomic E-state index is 13.6. The molecule has 4 atom stereocenters. The van der Waals surface area contributed by atoms with Gasteiger partial charge in [0.1, 0.15) is 17.8 Å². The summed E-state index contributed by atoms with van der Waals surface area (Å²) in [4.78, 5) is 43.0. The quantitative estimate of drug-likeness (QED) is 0.148. The van der Waals surface area contributed by atoms with Crippen LogP contribution in [-0.4, -0.2) is 52.2 Å². The average molecular weight is 579 g/mol. The summed E-state index contributed by atoms with van der Waals surface area (Å²) < 4.78 is 5.33. The highest BCUT2D eigenvalue weighted by molar-refractivity contribution is 5.92. The molecule has 228 valence electrons. The van der Waals surface area contributed by atoms with Crippen LogP contribution in [-0.2, 0) is 16.0 Å². The van der Waals surface area contributed by atoms with Gasteiger partial charge in [0.05, 0.1) is 12.1 Å². The average Bonchev–Trinajstić information content (AvgIpc) is 3.38. The van der Waals surface area contributed by atoms with Crippen molar-refractivity contribution < 1.29 is 24.2 Å². The number of fused-ring (bicyclic) bond motifs is 1. The molecule has 0 fully saturated rings.